The standard InChI is InChI=1S/C31H34N3O6/c1-18(36)27-26-16-23(28(31(39)40)32(26)30(27)38)20-3-5-21-24-14-19(2-4-22(24)29(37)25(21)15-20)17-34-9-6-33(7-10-34,8-11-34)12-13-35/h2-5,14-15,18,26-27,35-36H,6-13,16-17H2,1H3/q+1/p+1/t18-,26-,27-,33?,34?/m1/s1. The monoisotopic (exact) mass is 545 g/mol. The second-order valence-corrected chi connectivity index (χ2v) is 12.5. The summed E-state index contributed by atoms with van der Waals surface area (Å²) in [5.74, 6) is -2.22. The number of aliphatic carboxylic acids is 1. The summed E-state index contributed by atoms with van der Waals surface area (Å²) in [5.41, 5.74) is 5.34. The van der Waals surface area contributed by atoms with Crippen molar-refractivity contribution in [1.29, 1.82) is 0 Å². The molecule has 9 heteroatoms. The van der Waals surface area contributed by atoms with Crippen molar-refractivity contribution in [1.82, 2.24) is 4.90 Å². The summed E-state index contributed by atoms with van der Waals surface area (Å²) in [6, 6.07) is 11.3. The molecule has 6 aliphatic rings. The van der Waals surface area contributed by atoms with Crippen molar-refractivity contribution in [3.8, 4) is 11.1 Å². The molecule has 0 radical (unpaired) electrons. The van der Waals surface area contributed by atoms with Crippen molar-refractivity contribution in [2.75, 3.05) is 52.4 Å². The van der Waals surface area contributed by atoms with Crippen LogP contribution in [0.15, 0.2) is 42.1 Å². The second-order valence-electron chi connectivity index (χ2n) is 12.5. The number of rotatable bonds is 7. The summed E-state index contributed by atoms with van der Waals surface area (Å²) >= 11 is 0. The molecule has 2 aromatic carbocycles. The van der Waals surface area contributed by atoms with Crippen molar-refractivity contribution < 1.29 is 38.7 Å². The molecule has 0 unspecified atom stereocenters. The van der Waals surface area contributed by atoms with Gasteiger partial charge in [0.1, 0.15) is 58.1 Å². The lowest BCUT2D eigenvalue weighted by Crippen LogP contribution is -2.74. The molecule has 9 nitrogen and oxygen atoms in total. The Kier molecular flexibility index (Phi) is 5.64. The molecule has 40 heavy (non-hydrogen) atoms. The highest BCUT2D eigenvalue weighted by molar-refractivity contribution is 6.22. The van der Waals surface area contributed by atoms with Gasteiger partial charge in [-0.25, -0.2) is 4.79 Å². The third-order valence-corrected chi connectivity index (χ3v) is 10.4. The maximum atomic E-state index is 13.5. The molecule has 1 amide bonds. The van der Waals surface area contributed by atoms with Gasteiger partial charge in [-0.1, -0.05) is 18.2 Å². The van der Waals surface area contributed by atoms with E-state index >= 15 is 0 Å². The number of carbonyl (C=O) groups is 3. The zero-order chi connectivity index (χ0) is 28.0. The van der Waals surface area contributed by atoms with Gasteiger partial charge in [0, 0.05) is 16.7 Å². The molecule has 0 saturated carbocycles. The molecular formula is C31H35N3O6+2. The van der Waals surface area contributed by atoms with Gasteiger partial charge in [0.25, 0.3) is 0 Å². The van der Waals surface area contributed by atoms with E-state index in [1.165, 1.54) is 10.5 Å². The number of piperazine rings is 3. The predicted molar refractivity (Wildman–Crippen MR) is 146 cm³/mol. The number of carboxylic acids is 1. The molecule has 0 spiro atoms. The Morgan fingerprint density at radius 1 is 0.950 bits per heavy atom. The number of carbonyl (C=O) groups excluding carboxylic acids is 2. The first kappa shape index (κ1) is 25.6. The highest BCUT2D eigenvalue weighted by atomic mass is 16.4. The summed E-state index contributed by atoms with van der Waals surface area (Å²) < 4.78 is 2.09. The molecule has 5 aliphatic heterocycles. The average Bonchev–Trinajstić information content (AvgIpc) is 3.42. The maximum absolute atomic E-state index is 13.5. The first-order valence-corrected chi connectivity index (χ1v) is 14.3. The third-order valence-electron chi connectivity index (χ3n) is 10.4. The number of aliphatic hydroxyl groups excluding tert-OH is 2. The quantitative estimate of drug-likeness (QED) is 0.306. The van der Waals surface area contributed by atoms with E-state index in [0.717, 1.165) is 72.5 Å². The summed E-state index contributed by atoms with van der Waals surface area (Å²) in [7, 11) is 0. The molecule has 2 bridgehead atoms. The molecule has 5 heterocycles. The molecule has 3 N–H and O–H groups in total. The van der Waals surface area contributed by atoms with Gasteiger partial charge < -0.3 is 29.2 Å². The van der Waals surface area contributed by atoms with E-state index in [4.69, 9.17) is 0 Å². The number of amides is 1. The van der Waals surface area contributed by atoms with Crippen LogP contribution in [0, 0.1) is 5.92 Å². The SMILES string of the molecule is C[C@@H](O)[C@H]1C(=O)N2C(C(=O)O)=C(c3ccc4c(c3)C(=O)c3ccc(C[N+]56CC[N+](CCO)(CC5)CC6)cc3-4)C[C@H]12. The first-order valence-electron chi connectivity index (χ1n) is 14.3. The fourth-order valence-electron chi connectivity index (χ4n) is 8.05. The predicted octanol–water partition coefficient (Wildman–Crippen LogP) is 1.46. The van der Waals surface area contributed by atoms with Crippen LogP contribution < -0.4 is 0 Å². The molecule has 208 valence electrons. The number of aliphatic hydroxyl groups is 2. The summed E-state index contributed by atoms with van der Waals surface area (Å²) in [5, 5.41) is 29.5. The lowest BCUT2D eigenvalue weighted by molar-refractivity contribution is -1.09. The fraction of sp³-hybridized carbons (Fsp3) is 0.452. The van der Waals surface area contributed by atoms with E-state index in [9.17, 15) is 29.7 Å². The summed E-state index contributed by atoms with van der Waals surface area (Å²) in [6.45, 7) is 10.2. The molecular weight excluding hydrogens is 510 g/mol. The van der Waals surface area contributed by atoms with E-state index in [1.54, 1.807) is 13.0 Å². The van der Waals surface area contributed by atoms with Crippen LogP contribution in [-0.2, 0) is 16.1 Å². The number of β-lactam (4-membered cyclic amide) rings is 1. The second kappa shape index (κ2) is 8.81. The number of benzene rings is 2. The van der Waals surface area contributed by atoms with E-state index < -0.39 is 18.0 Å². The van der Waals surface area contributed by atoms with E-state index in [0.29, 0.717) is 28.7 Å². The Morgan fingerprint density at radius 3 is 2.27 bits per heavy atom. The van der Waals surface area contributed by atoms with Crippen LogP contribution >= 0.6 is 0 Å². The number of carboxylic acid groups (broad SMARTS) is 1. The minimum absolute atomic E-state index is 0.0456. The smallest absolute Gasteiger partial charge is 0.352 e. The number of quaternary nitrogens is 2. The van der Waals surface area contributed by atoms with Gasteiger partial charge in [0.05, 0.1) is 24.7 Å². The molecule has 1 aliphatic carbocycles. The number of fused-ring (bicyclic) bond motifs is 7. The van der Waals surface area contributed by atoms with Crippen LogP contribution in [0.4, 0.5) is 0 Å². The van der Waals surface area contributed by atoms with Crippen LogP contribution in [0.25, 0.3) is 16.7 Å². The normalized spacial score (nSPS) is 30.7. The van der Waals surface area contributed by atoms with Crippen LogP contribution in [0.3, 0.4) is 0 Å². The number of ketones is 1. The van der Waals surface area contributed by atoms with Crippen molar-refractivity contribution >= 4 is 23.2 Å². The van der Waals surface area contributed by atoms with Gasteiger partial charge in [-0.3, -0.25) is 9.59 Å². The van der Waals surface area contributed by atoms with Crippen LogP contribution in [-0.4, -0.2) is 111 Å². The van der Waals surface area contributed by atoms with Crippen molar-refractivity contribution in [2.45, 2.75) is 32.0 Å². The molecule has 2 aromatic rings. The first-order chi connectivity index (χ1) is 19.2. The van der Waals surface area contributed by atoms with Crippen molar-refractivity contribution in [3.63, 3.8) is 0 Å². The summed E-state index contributed by atoms with van der Waals surface area (Å²) in [4.78, 5) is 39.6. The Bertz CT molecular complexity index is 1490. The topological polar surface area (TPSA) is 115 Å². The van der Waals surface area contributed by atoms with Gasteiger partial charge in [-0.2, -0.15) is 0 Å². The van der Waals surface area contributed by atoms with E-state index in [1.807, 2.05) is 18.2 Å². The third kappa shape index (κ3) is 3.58. The number of nitrogens with zero attached hydrogens (tertiary/aromatic N) is 3. The molecule has 8 rings (SSSR count). The average molecular weight is 546 g/mol. The van der Waals surface area contributed by atoms with Gasteiger partial charge in [0.2, 0.25) is 5.91 Å². The number of hydrogen-bond donors (Lipinski definition) is 3. The Balaban J connectivity index is 1.17. The van der Waals surface area contributed by atoms with Gasteiger partial charge in [-0.05, 0) is 53.8 Å². The Hall–Kier alpha value is -3.37. The summed E-state index contributed by atoms with van der Waals surface area (Å²) in [6.07, 6.45) is -0.512. The lowest BCUT2D eigenvalue weighted by Gasteiger charge is -2.55. The zero-order valence-electron chi connectivity index (χ0n) is 22.7. The minimum Gasteiger partial charge on any atom is -0.477 e. The van der Waals surface area contributed by atoms with E-state index in [-0.39, 0.29) is 30.0 Å². The molecule has 4 saturated heterocycles. The van der Waals surface area contributed by atoms with Crippen LogP contribution in [0.5, 0.6) is 0 Å². The highest BCUT2D eigenvalue weighted by Gasteiger charge is 2.57. The van der Waals surface area contributed by atoms with Gasteiger partial charge >= 0.3 is 5.97 Å². The molecule has 3 atom stereocenters. The van der Waals surface area contributed by atoms with Crippen LogP contribution in [0.2, 0.25) is 0 Å². The molecule has 0 aromatic heterocycles. The Morgan fingerprint density at radius 2 is 1.62 bits per heavy atom. The maximum Gasteiger partial charge on any atom is 0.352 e. The van der Waals surface area contributed by atoms with Gasteiger partial charge in [0.15, 0.2) is 5.78 Å². The zero-order valence-corrected chi connectivity index (χ0v) is 22.7. The fourth-order valence-corrected chi connectivity index (χ4v) is 8.05. The largest absolute Gasteiger partial charge is 0.477 e. The van der Waals surface area contributed by atoms with Crippen molar-refractivity contribution in [2.24, 2.45) is 5.92 Å². The minimum atomic E-state index is -1.18. The van der Waals surface area contributed by atoms with Gasteiger partial charge in [-0.15, -0.1) is 0 Å². The number of hydrogen-bond acceptors (Lipinski definition) is 5. The molecule has 4 fully saturated rings. The van der Waals surface area contributed by atoms with Crippen LogP contribution in [0.1, 0.15) is 40.4 Å². The lowest BCUT2D eigenvalue weighted by atomic mass is 9.82. The Labute approximate surface area is 232 Å². The highest BCUT2D eigenvalue weighted by Crippen LogP contribution is 2.48. The van der Waals surface area contributed by atoms with E-state index in [2.05, 4.69) is 12.1 Å². The van der Waals surface area contributed by atoms with Crippen molar-refractivity contribution in [3.05, 3.63) is 64.3 Å².